The molecular formula is C13H19BrO2S. The average Bonchev–Trinajstić information content (AvgIpc) is 2.15. The molecule has 0 aromatic heterocycles. The minimum absolute atomic E-state index is 0.162. The van der Waals surface area contributed by atoms with E-state index >= 15 is 0 Å². The molecule has 2 nitrogen and oxygen atoms in total. The summed E-state index contributed by atoms with van der Waals surface area (Å²) >= 11 is 3.36. The largest absolute Gasteiger partial charge is 0.224 e. The summed E-state index contributed by atoms with van der Waals surface area (Å²) in [6.07, 6.45) is 0. The summed E-state index contributed by atoms with van der Waals surface area (Å²) in [5.41, 5.74) is 1.66. The van der Waals surface area contributed by atoms with Crippen LogP contribution in [0, 0.1) is 19.3 Å². The summed E-state index contributed by atoms with van der Waals surface area (Å²) in [6, 6.07) is 5.47. The molecule has 0 atom stereocenters. The lowest BCUT2D eigenvalue weighted by atomic mass is 10.0. The fourth-order valence-corrected chi connectivity index (χ4v) is 4.35. The van der Waals surface area contributed by atoms with Gasteiger partial charge in [0.05, 0.1) is 10.6 Å². The van der Waals surface area contributed by atoms with Gasteiger partial charge in [0.15, 0.2) is 9.84 Å². The van der Waals surface area contributed by atoms with Crippen LogP contribution in [0.15, 0.2) is 23.1 Å². The molecule has 17 heavy (non-hydrogen) atoms. The topological polar surface area (TPSA) is 34.1 Å². The van der Waals surface area contributed by atoms with Gasteiger partial charge in [-0.05, 0) is 30.9 Å². The Labute approximate surface area is 112 Å². The van der Waals surface area contributed by atoms with E-state index in [0.29, 0.717) is 10.2 Å². The number of hydrogen-bond acceptors (Lipinski definition) is 2. The van der Waals surface area contributed by atoms with Crippen LogP contribution in [0.5, 0.6) is 0 Å². The molecule has 0 spiro atoms. The minimum Gasteiger partial charge on any atom is -0.224 e. The summed E-state index contributed by atoms with van der Waals surface area (Å²) in [7, 11) is -3.21. The molecule has 1 aromatic rings. The van der Waals surface area contributed by atoms with Crippen molar-refractivity contribution in [3.8, 4) is 0 Å². The van der Waals surface area contributed by atoms with Gasteiger partial charge in [-0.2, -0.15) is 0 Å². The van der Waals surface area contributed by atoms with Gasteiger partial charge in [-0.15, -0.1) is 0 Å². The standard InChI is InChI=1S/C13H19BrO2S/c1-10-5-6-12(11(2)7-10)17(15,16)9-13(3,4)8-14/h5-7H,8-9H2,1-4H3. The van der Waals surface area contributed by atoms with Crippen molar-refractivity contribution in [2.75, 3.05) is 11.1 Å². The van der Waals surface area contributed by atoms with Crippen LogP contribution in [0.2, 0.25) is 0 Å². The monoisotopic (exact) mass is 318 g/mol. The van der Waals surface area contributed by atoms with E-state index in [9.17, 15) is 8.42 Å². The zero-order chi connectivity index (χ0) is 13.3. The number of sulfone groups is 1. The van der Waals surface area contributed by atoms with Crippen LogP contribution in [0.25, 0.3) is 0 Å². The predicted octanol–water partition coefficient (Wildman–Crippen LogP) is 3.50. The zero-order valence-electron chi connectivity index (χ0n) is 10.7. The molecule has 0 heterocycles. The predicted molar refractivity (Wildman–Crippen MR) is 75.5 cm³/mol. The molecular weight excluding hydrogens is 300 g/mol. The molecule has 1 aromatic carbocycles. The molecule has 0 unspecified atom stereocenters. The number of aryl methyl sites for hydroxylation is 2. The number of halogens is 1. The van der Waals surface area contributed by atoms with Crippen LogP contribution in [-0.2, 0) is 9.84 Å². The van der Waals surface area contributed by atoms with Crippen molar-refractivity contribution < 1.29 is 8.42 Å². The van der Waals surface area contributed by atoms with E-state index in [4.69, 9.17) is 0 Å². The van der Waals surface area contributed by atoms with E-state index in [-0.39, 0.29) is 11.2 Å². The molecule has 0 N–H and O–H groups in total. The lowest BCUT2D eigenvalue weighted by molar-refractivity contribution is 0.474. The second kappa shape index (κ2) is 5.11. The van der Waals surface area contributed by atoms with Gasteiger partial charge in [0.2, 0.25) is 0 Å². The summed E-state index contributed by atoms with van der Waals surface area (Å²) in [5.74, 6) is 0.162. The molecule has 0 aliphatic heterocycles. The van der Waals surface area contributed by atoms with E-state index < -0.39 is 9.84 Å². The fraction of sp³-hybridized carbons (Fsp3) is 0.538. The zero-order valence-corrected chi connectivity index (χ0v) is 13.2. The van der Waals surface area contributed by atoms with Gasteiger partial charge < -0.3 is 0 Å². The summed E-state index contributed by atoms with van der Waals surface area (Å²) in [6.45, 7) is 7.71. The van der Waals surface area contributed by atoms with Crippen LogP contribution in [-0.4, -0.2) is 19.5 Å². The van der Waals surface area contributed by atoms with Crippen molar-refractivity contribution in [2.45, 2.75) is 32.6 Å². The quantitative estimate of drug-likeness (QED) is 0.796. The van der Waals surface area contributed by atoms with Crippen molar-refractivity contribution in [3.63, 3.8) is 0 Å². The van der Waals surface area contributed by atoms with Crippen LogP contribution < -0.4 is 0 Å². The highest BCUT2D eigenvalue weighted by Gasteiger charge is 2.27. The Morgan fingerprint density at radius 3 is 2.29 bits per heavy atom. The third-order valence-electron chi connectivity index (χ3n) is 2.61. The minimum atomic E-state index is -3.21. The lowest BCUT2D eigenvalue weighted by Crippen LogP contribution is -2.26. The lowest BCUT2D eigenvalue weighted by Gasteiger charge is -2.21. The molecule has 0 amide bonds. The van der Waals surface area contributed by atoms with E-state index in [0.717, 1.165) is 11.1 Å². The molecule has 0 fully saturated rings. The second-order valence-corrected chi connectivity index (χ2v) is 7.84. The molecule has 0 bridgehead atoms. The van der Waals surface area contributed by atoms with Gasteiger partial charge in [-0.25, -0.2) is 8.42 Å². The maximum atomic E-state index is 12.3. The number of hydrogen-bond donors (Lipinski definition) is 0. The maximum Gasteiger partial charge on any atom is 0.179 e. The van der Waals surface area contributed by atoms with E-state index in [2.05, 4.69) is 15.9 Å². The summed E-state index contributed by atoms with van der Waals surface area (Å²) in [4.78, 5) is 0.456. The van der Waals surface area contributed by atoms with Gasteiger partial charge in [-0.3, -0.25) is 0 Å². The normalized spacial score (nSPS) is 12.8. The first-order valence-electron chi connectivity index (χ1n) is 5.54. The molecule has 96 valence electrons. The van der Waals surface area contributed by atoms with Crippen LogP contribution >= 0.6 is 15.9 Å². The number of benzene rings is 1. The highest BCUT2D eigenvalue weighted by atomic mass is 79.9. The smallest absolute Gasteiger partial charge is 0.179 e. The Hall–Kier alpha value is -0.350. The number of alkyl halides is 1. The molecule has 0 saturated carbocycles. The molecule has 0 saturated heterocycles. The SMILES string of the molecule is Cc1ccc(S(=O)(=O)CC(C)(C)CBr)c(C)c1. The van der Waals surface area contributed by atoms with Gasteiger partial charge >= 0.3 is 0 Å². The summed E-state index contributed by atoms with van der Waals surface area (Å²) < 4.78 is 24.6. The molecule has 1 rings (SSSR count). The van der Waals surface area contributed by atoms with Gasteiger partial charge in [0.1, 0.15) is 0 Å². The fourth-order valence-electron chi connectivity index (χ4n) is 1.78. The molecule has 0 radical (unpaired) electrons. The highest BCUT2D eigenvalue weighted by Crippen LogP contribution is 2.26. The van der Waals surface area contributed by atoms with Gasteiger partial charge in [0.25, 0.3) is 0 Å². The Morgan fingerprint density at radius 2 is 1.82 bits per heavy atom. The van der Waals surface area contributed by atoms with Crippen molar-refractivity contribution in [3.05, 3.63) is 29.3 Å². The van der Waals surface area contributed by atoms with Crippen LogP contribution in [0.1, 0.15) is 25.0 Å². The van der Waals surface area contributed by atoms with E-state index in [1.54, 1.807) is 6.07 Å². The van der Waals surface area contributed by atoms with Gasteiger partial charge in [0, 0.05) is 5.33 Å². The maximum absolute atomic E-state index is 12.3. The Kier molecular flexibility index (Phi) is 4.42. The Bertz CT molecular complexity index is 504. The Morgan fingerprint density at radius 1 is 1.24 bits per heavy atom. The van der Waals surface area contributed by atoms with Crippen molar-refractivity contribution in [2.24, 2.45) is 5.41 Å². The van der Waals surface area contributed by atoms with Crippen molar-refractivity contribution in [1.29, 1.82) is 0 Å². The van der Waals surface area contributed by atoms with Crippen molar-refractivity contribution in [1.82, 2.24) is 0 Å². The average molecular weight is 319 g/mol. The molecule has 0 aliphatic carbocycles. The summed E-state index contributed by atoms with van der Waals surface area (Å²) in [5, 5.41) is 0.671. The number of rotatable bonds is 4. The highest BCUT2D eigenvalue weighted by molar-refractivity contribution is 9.09. The molecule has 4 heteroatoms. The third kappa shape index (κ3) is 3.81. The van der Waals surface area contributed by atoms with E-state index in [1.165, 1.54) is 0 Å². The second-order valence-electron chi connectivity index (χ2n) is 5.33. The van der Waals surface area contributed by atoms with Crippen molar-refractivity contribution >= 4 is 25.8 Å². The van der Waals surface area contributed by atoms with Gasteiger partial charge in [-0.1, -0.05) is 47.5 Å². The first-order chi connectivity index (χ1) is 7.68. The third-order valence-corrected chi connectivity index (χ3v) is 6.42. The molecule has 0 aliphatic rings. The van der Waals surface area contributed by atoms with E-state index in [1.807, 2.05) is 39.8 Å². The first-order valence-corrected chi connectivity index (χ1v) is 8.31. The Balaban J connectivity index is 3.14. The van der Waals surface area contributed by atoms with Crippen LogP contribution in [0.3, 0.4) is 0 Å². The van der Waals surface area contributed by atoms with Crippen LogP contribution in [0.4, 0.5) is 0 Å². The first kappa shape index (κ1) is 14.7.